The van der Waals surface area contributed by atoms with Crippen molar-refractivity contribution in [3.05, 3.63) is 97.2 Å². The summed E-state index contributed by atoms with van der Waals surface area (Å²) in [6.07, 6.45) is 77.6. The van der Waals surface area contributed by atoms with Crippen molar-refractivity contribution in [3.63, 3.8) is 0 Å². The third kappa shape index (κ3) is 60.2. The molecule has 438 valence electrons. The predicted octanol–water partition coefficient (Wildman–Crippen LogP) is 19.6. The largest absolute Gasteiger partial charge is 0.472 e. The third-order valence-electron chi connectivity index (χ3n) is 13.1. The molecular weight excluding hydrogens is 966 g/mol. The smallest absolute Gasteiger partial charge is 0.462 e. The van der Waals surface area contributed by atoms with Gasteiger partial charge >= 0.3 is 19.8 Å². The van der Waals surface area contributed by atoms with Gasteiger partial charge in [-0.1, -0.05) is 246 Å². The Kier molecular flexibility index (Phi) is 54.4. The van der Waals surface area contributed by atoms with E-state index in [4.69, 9.17) is 18.5 Å². The highest BCUT2D eigenvalue weighted by molar-refractivity contribution is 7.47. The summed E-state index contributed by atoms with van der Waals surface area (Å²) in [5, 5.41) is 0. The van der Waals surface area contributed by atoms with Crippen molar-refractivity contribution in [1.29, 1.82) is 0 Å². The highest BCUT2D eigenvalue weighted by atomic mass is 31.2. The molecule has 9 nitrogen and oxygen atoms in total. The monoisotopic (exact) mass is 1080 g/mol. The Labute approximate surface area is 468 Å². The van der Waals surface area contributed by atoms with Gasteiger partial charge in [-0.3, -0.25) is 18.6 Å². The van der Waals surface area contributed by atoms with Gasteiger partial charge in [0.1, 0.15) is 19.8 Å². The van der Waals surface area contributed by atoms with E-state index >= 15 is 0 Å². The number of nitrogens with zero attached hydrogens (tertiary/aromatic N) is 1. The summed E-state index contributed by atoms with van der Waals surface area (Å²) in [7, 11) is 1.47. The molecule has 2 unspecified atom stereocenters. The lowest BCUT2D eigenvalue weighted by Gasteiger charge is -2.24. The summed E-state index contributed by atoms with van der Waals surface area (Å²) in [4.78, 5) is 35.8. The quantitative estimate of drug-likeness (QED) is 0.0211. The number of esters is 2. The molecule has 0 aliphatic heterocycles. The second-order valence-corrected chi connectivity index (χ2v) is 23.2. The van der Waals surface area contributed by atoms with Crippen LogP contribution in [0, 0.1) is 0 Å². The van der Waals surface area contributed by atoms with Crippen LogP contribution in [0.25, 0.3) is 0 Å². The average molecular weight is 1080 g/mol. The van der Waals surface area contributed by atoms with Crippen molar-refractivity contribution < 1.29 is 42.1 Å². The van der Waals surface area contributed by atoms with E-state index in [1.807, 2.05) is 21.1 Å². The van der Waals surface area contributed by atoms with Gasteiger partial charge in [0.2, 0.25) is 0 Å². The van der Waals surface area contributed by atoms with Gasteiger partial charge < -0.3 is 18.9 Å². The van der Waals surface area contributed by atoms with E-state index in [2.05, 4.69) is 111 Å². The molecule has 0 amide bonds. The molecule has 0 aromatic carbocycles. The standard InChI is InChI=1S/C66H116NO8P/c1-6-8-10-12-14-16-18-20-22-24-26-28-30-31-32-33-34-35-37-39-41-43-45-47-49-51-53-55-57-59-66(69)75-64(63-74-76(70,71)73-61-60-67(3,4)5)62-72-65(68)58-56-54-52-50-48-46-44-42-40-38-36-29-27-25-23-21-19-17-15-13-11-9-7-2/h8,10,14,16,19-22,25-28,31-32,34-35,64H,6-7,9,11-13,15,17-18,23-24,29-30,33,36-63H2,1-5H3/p+1/b10-8-,16-14-,21-19-,22-20-,27-25-,28-26-,32-31-,35-34-. The fourth-order valence-corrected chi connectivity index (χ4v) is 9.09. The fraction of sp³-hybridized carbons (Fsp3) is 0.727. The second kappa shape index (κ2) is 56.6. The van der Waals surface area contributed by atoms with Crippen LogP contribution < -0.4 is 0 Å². The highest BCUT2D eigenvalue weighted by Gasteiger charge is 2.27. The number of rotatable bonds is 56. The minimum absolute atomic E-state index is 0.0265. The SMILES string of the molecule is CC/C=C\C/C=C\C/C=C\C/C=C\C/C=C\C/C=C\CCCCCCCCCCCCC(=O)OC(COC(=O)CCCCCCCCCCCCC/C=C\C/C=C\CCCCCCC)COP(=O)(O)OCC[N+](C)(C)C. The molecule has 0 aromatic rings. The molecule has 1 N–H and O–H groups in total. The molecule has 2 atom stereocenters. The van der Waals surface area contributed by atoms with Crippen molar-refractivity contribution in [2.45, 2.75) is 264 Å². The minimum Gasteiger partial charge on any atom is -0.462 e. The minimum atomic E-state index is -4.40. The van der Waals surface area contributed by atoms with E-state index in [9.17, 15) is 19.0 Å². The van der Waals surface area contributed by atoms with Crippen LogP contribution in [-0.4, -0.2) is 74.9 Å². The summed E-state index contributed by atoms with van der Waals surface area (Å²) >= 11 is 0. The van der Waals surface area contributed by atoms with Crippen LogP contribution in [0.5, 0.6) is 0 Å². The van der Waals surface area contributed by atoms with Crippen molar-refractivity contribution in [1.82, 2.24) is 0 Å². The fourth-order valence-electron chi connectivity index (χ4n) is 8.34. The first kappa shape index (κ1) is 72.9. The number of quaternary nitrogens is 1. The Hall–Kier alpha value is -3.07. The number of unbranched alkanes of at least 4 members (excludes halogenated alkanes) is 26. The molecule has 0 radical (unpaired) electrons. The number of hydrogen-bond donors (Lipinski definition) is 1. The van der Waals surface area contributed by atoms with Gasteiger partial charge in [-0.2, -0.15) is 0 Å². The van der Waals surface area contributed by atoms with Crippen molar-refractivity contribution in [2.75, 3.05) is 47.5 Å². The molecule has 0 bridgehead atoms. The van der Waals surface area contributed by atoms with Crippen molar-refractivity contribution in [3.8, 4) is 0 Å². The molecule has 0 spiro atoms. The van der Waals surface area contributed by atoms with E-state index in [-0.39, 0.29) is 32.0 Å². The number of carbonyl (C=O) groups is 2. The first-order chi connectivity index (χ1) is 37.0. The van der Waals surface area contributed by atoms with Crippen LogP contribution in [0.15, 0.2) is 97.2 Å². The van der Waals surface area contributed by atoms with Gasteiger partial charge in [0, 0.05) is 12.8 Å². The Bertz CT molecular complexity index is 1600. The highest BCUT2D eigenvalue weighted by Crippen LogP contribution is 2.43. The van der Waals surface area contributed by atoms with Gasteiger partial charge in [0.05, 0.1) is 27.7 Å². The molecule has 0 fully saturated rings. The first-order valence-corrected chi connectivity index (χ1v) is 32.5. The van der Waals surface area contributed by atoms with Crippen LogP contribution in [-0.2, 0) is 32.7 Å². The van der Waals surface area contributed by atoms with Gasteiger partial charge in [0.15, 0.2) is 6.10 Å². The molecule has 0 heterocycles. The molecule has 76 heavy (non-hydrogen) atoms. The molecule has 0 saturated heterocycles. The van der Waals surface area contributed by atoms with E-state index in [1.54, 1.807) is 0 Å². The number of phosphoric acid groups is 1. The number of allylic oxidation sites excluding steroid dienone is 16. The number of hydrogen-bond acceptors (Lipinski definition) is 7. The van der Waals surface area contributed by atoms with E-state index < -0.39 is 26.5 Å². The zero-order chi connectivity index (χ0) is 55.6. The lowest BCUT2D eigenvalue weighted by Crippen LogP contribution is -2.37. The predicted molar refractivity (Wildman–Crippen MR) is 325 cm³/mol. The number of likely N-dealkylation sites (N-methyl/N-ethyl adjacent to an activating group) is 1. The summed E-state index contributed by atoms with van der Waals surface area (Å²) in [5.41, 5.74) is 0. The molecule has 0 aromatic heterocycles. The molecular formula is C66H117NO8P+. The second-order valence-electron chi connectivity index (χ2n) is 21.7. The van der Waals surface area contributed by atoms with Crippen LogP contribution in [0.3, 0.4) is 0 Å². The Morgan fingerprint density at radius 2 is 0.750 bits per heavy atom. The van der Waals surface area contributed by atoms with Crippen molar-refractivity contribution >= 4 is 19.8 Å². The van der Waals surface area contributed by atoms with E-state index in [1.165, 1.54) is 135 Å². The van der Waals surface area contributed by atoms with Gasteiger partial charge in [-0.15, -0.1) is 0 Å². The van der Waals surface area contributed by atoms with E-state index in [0.29, 0.717) is 17.4 Å². The zero-order valence-corrected chi connectivity index (χ0v) is 50.6. The first-order valence-electron chi connectivity index (χ1n) is 31.0. The van der Waals surface area contributed by atoms with Crippen LogP contribution in [0.1, 0.15) is 258 Å². The maximum absolute atomic E-state index is 12.8. The van der Waals surface area contributed by atoms with Crippen LogP contribution >= 0.6 is 7.82 Å². The maximum atomic E-state index is 12.8. The molecule has 0 aliphatic carbocycles. The average Bonchev–Trinajstić information content (AvgIpc) is 3.38. The van der Waals surface area contributed by atoms with Crippen molar-refractivity contribution in [2.24, 2.45) is 0 Å². The third-order valence-corrected chi connectivity index (χ3v) is 14.1. The van der Waals surface area contributed by atoms with Gasteiger partial charge in [-0.05, 0) is 96.3 Å². The number of phosphoric ester groups is 1. The molecule has 0 saturated carbocycles. The normalized spacial score (nSPS) is 13.9. The number of carbonyl (C=O) groups excluding carboxylic acids is 2. The Morgan fingerprint density at radius 3 is 1.12 bits per heavy atom. The van der Waals surface area contributed by atoms with Gasteiger partial charge in [-0.25, -0.2) is 4.57 Å². The Morgan fingerprint density at radius 1 is 0.421 bits per heavy atom. The summed E-state index contributed by atoms with van der Waals surface area (Å²) in [6.45, 7) is 4.31. The summed E-state index contributed by atoms with van der Waals surface area (Å²) < 4.78 is 34.6. The van der Waals surface area contributed by atoms with E-state index in [0.717, 1.165) is 89.9 Å². The maximum Gasteiger partial charge on any atom is 0.472 e. The molecule has 10 heteroatoms. The Balaban J connectivity index is 4.16. The summed E-state index contributed by atoms with van der Waals surface area (Å²) in [6, 6.07) is 0. The molecule has 0 rings (SSSR count). The number of ether oxygens (including phenoxy) is 2. The van der Waals surface area contributed by atoms with Gasteiger partial charge in [0.25, 0.3) is 0 Å². The van der Waals surface area contributed by atoms with Crippen LogP contribution in [0.4, 0.5) is 0 Å². The lowest BCUT2D eigenvalue weighted by atomic mass is 10.0. The summed E-state index contributed by atoms with van der Waals surface area (Å²) in [5.74, 6) is -0.804. The topological polar surface area (TPSA) is 108 Å². The zero-order valence-electron chi connectivity index (χ0n) is 49.7. The van der Waals surface area contributed by atoms with Crippen LogP contribution in [0.2, 0.25) is 0 Å². The molecule has 0 aliphatic rings. The lowest BCUT2D eigenvalue weighted by molar-refractivity contribution is -0.870.